The van der Waals surface area contributed by atoms with E-state index < -0.39 is 30.0 Å². The van der Waals surface area contributed by atoms with Crippen LogP contribution in [0.2, 0.25) is 0 Å². The molecule has 2 aromatic carbocycles. The lowest BCUT2D eigenvalue weighted by atomic mass is 9.45. The van der Waals surface area contributed by atoms with E-state index in [1.165, 1.54) is 31.4 Å². The number of aliphatic hydroxyl groups is 2. The number of hydroxylamine groups is 2. The number of aliphatic hydroxyl groups excluding tert-OH is 2. The molecule has 0 unspecified atom stereocenters. The third-order valence-corrected chi connectivity index (χ3v) is 13.2. The zero-order valence-electron chi connectivity index (χ0n) is 32.2. The summed E-state index contributed by atoms with van der Waals surface area (Å²) in [7, 11) is 0. The highest BCUT2D eigenvalue weighted by atomic mass is 19.1. The topological polar surface area (TPSA) is 109 Å². The molecule has 3 saturated carbocycles. The molecule has 0 aromatic heterocycles. The minimum Gasteiger partial charge on any atom is -0.508 e. The Hall–Kier alpha value is -2.60. The smallest absolute Gasteiger partial charge is 0.240 e. The third kappa shape index (κ3) is 8.37. The summed E-state index contributed by atoms with van der Waals surface area (Å²) in [6.45, 7) is 16.9. The summed E-state index contributed by atoms with van der Waals surface area (Å²) in [6, 6.07) is 12.1. The van der Waals surface area contributed by atoms with E-state index in [0.717, 1.165) is 43.6 Å². The van der Waals surface area contributed by atoms with Crippen LogP contribution >= 0.6 is 0 Å². The first-order valence-electron chi connectivity index (χ1n) is 19.8. The third-order valence-electron chi connectivity index (χ3n) is 13.2. The number of fused-ring (bicyclic) bond motifs is 2. The number of phenolic OH excluding ortho intramolecular Hbond substituents is 1. The van der Waals surface area contributed by atoms with Gasteiger partial charge in [0.05, 0.1) is 19.3 Å². The first-order valence-corrected chi connectivity index (χ1v) is 19.8. The molecule has 0 radical (unpaired) electrons. The molecular weight excluding hydrogens is 659 g/mol. The Bertz CT molecular complexity index is 1490. The number of hydrogen-bond donors (Lipinski definition) is 4. The minimum atomic E-state index is -0.864. The van der Waals surface area contributed by atoms with Crippen molar-refractivity contribution in [3.05, 3.63) is 65.0 Å². The molecule has 52 heavy (non-hydrogen) atoms. The second-order valence-electron chi connectivity index (χ2n) is 17.5. The molecule has 0 spiro atoms. The van der Waals surface area contributed by atoms with Crippen LogP contribution in [0.15, 0.2) is 42.5 Å². The molecule has 10 heteroatoms. The van der Waals surface area contributed by atoms with Crippen LogP contribution in [-0.4, -0.2) is 92.7 Å². The number of hydrogen-bond acceptors (Lipinski definition) is 8. The summed E-state index contributed by atoms with van der Waals surface area (Å²) in [6.07, 6.45) is 3.91. The second-order valence-corrected chi connectivity index (χ2v) is 17.5. The summed E-state index contributed by atoms with van der Waals surface area (Å²) in [5.41, 5.74) is 2.57. The van der Waals surface area contributed by atoms with Gasteiger partial charge in [0.2, 0.25) is 5.91 Å². The lowest BCUT2D eigenvalue weighted by molar-refractivity contribution is -0.183. The van der Waals surface area contributed by atoms with Crippen molar-refractivity contribution in [2.75, 3.05) is 26.2 Å². The maximum Gasteiger partial charge on any atom is 0.240 e. The van der Waals surface area contributed by atoms with Crippen molar-refractivity contribution in [2.45, 2.75) is 124 Å². The number of halogens is 1. The van der Waals surface area contributed by atoms with Crippen LogP contribution in [0.5, 0.6) is 5.75 Å². The van der Waals surface area contributed by atoms with E-state index in [1.807, 2.05) is 12.1 Å². The quantitative estimate of drug-likeness (QED) is 0.186. The predicted molar refractivity (Wildman–Crippen MR) is 200 cm³/mol. The van der Waals surface area contributed by atoms with Gasteiger partial charge in [0.1, 0.15) is 23.7 Å². The zero-order valence-corrected chi connectivity index (χ0v) is 32.2. The van der Waals surface area contributed by atoms with Crippen molar-refractivity contribution in [3.8, 4) is 5.75 Å². The van der Waals surface area contributed by atoms with Gasteiger partial charge in [0.15, 0.2) is 0 Å². The number of carbonyl (C=O) groups excluding carboxylic acids is 1. The van der Waals surface area contributed by atoms with Gasteiger partial charge in [-0.15, -0.1) is 0 Å². The predicted octanol–water partition coefficient (Wildman–Crippen LogP) is 5.70. The Balaban J connectivity index is 1.23. The Morgan fingerprint density at radius 3 is 2.42 bits per heavy atom. The zero-order chi connectivity index (χ0) is 37.3. The molecule has 9 nitrogen and oxygen atoms in total. The number of likely N-dealkylation sites (tertiary alicyclic amines) is 1. The van der Waals surface area contributed by atoms with Crippen molar-refractivity contribution in [1.82, 2.24) is 20.2 Å². The Labute approximate surface area is 310 Å². The first-order chi connectivity index (χ1) is 24.8. The van der Waals surface area contributed by atoms with Gasteiger partial charge in [-0.2, -0.15) is 5.06 Å². The Morgan fingerprint density at radius 2 is 1.79 bits per heavy atom. The molecule has 288 valence electrons. The Morgan fingerprint density at radius 1 is 1.08 bits per heavy atom. The molecule has 4 N–H and O–H groups in total. The van der Waals surface area contributed by atoms with Crippen LogP contribution in [0.25, 0.3) is 0 Å². The average Bonchev–Trinajstić information content (AvgIpc) is 3.74. The number of nitrogens with zero attached hydrogens (tertiary/aromatic N) is 3. The van der Waals surface area contributed by atoms with Gasteiger partial charge < -0.3 is 25.5 Å². The Kier molecular flexibility index (Phi) is 12.3. The highest BCUT2D eigenvalue weighted by Crippen LogP contribution is 2.61. The van der Waals surface area contributed by atoms with Crippen LogP contribution in [0.4, 0.5) is 4.39 Å². The molecule has 2 saturated heterocycles. The summed E-state index contributed by atoms with van der Waals surface area (Å²) in [4.78, 5) is 25.2. The van der Waals surface area contributed by atoms with E-state index in [-0.39, 0.29) is 36.9 Å². The maximum absolute atomic E-state index is 15.2. The first kappa shape index (κ1) is 39.1. The highest BCUT2D eigenvalue weighted by molar-refractivity contribution is 5.82. The lowest BCUT2D eigenvalue weighted by Crippen LogP contribution is -2.62. The summed E-state index contributed by atoms with van der Waals surface area (Å²) in [5.74, 6) is 0.753. The minimum absolute atomic E-state index is 0.0341. The number of carbonyl (C=O) groups is 1. The summed E-state index contributed by atoms with van der Waals surface area (Å²) >= 11 is 0. The van der Waals surface area contributed by atoms with Crippen LogP contribution in [0.1, 0.15) is 90.3 Å². The number of rotatable bonds is 15. The fraction of sp³-hybridized carbons (Fsp3) is 0.690. The molecule has 5 fully saturated rings. The average molecular weight is 723 g/mol. The number of aromatic hydroxyl groups is 1. The van der Waals surface area contributed by atoms with Gasteiger partial charge >= 0.3 is 0 Å². The van der Waals surface area contributed by atoms with E-state index in [4.69, 9.17) is 4.84 Å². The molecule has 3 aliphatic carbocycles. The number of nitrogens with one attached hydrogen (secondary N) is 1. The number of phenols is 1. The van der Waals surface area contributed by atoms with E-state index >= 15 is 4.39 Å². The fourth-order valence-corrected chi connectivity index (χ4v) is 10.1. The van der Waals surface area contributed by atoms with Crippen LogP contribution in [-0.2, 0) is 29.3 Å². The molecule has 2 bridgehead atoms. The van der Waals surface area contributed by atoms with E-state index in [0.29, 0.717) is 47.7 Å². The normalized spacial score (nSPS) is 30.1. The summed E-state index contributed by atoms with van der Waals surface area (Å²) in [5, 5.41) is 37.0. The van der Waals surface area contributed by atoms with E-state index in [9.17, 15) is 20.1 Å². The molecule has 2 aliphatic heterocycles. The van der Waals surface area contributed by atoms with Crippen molar-refractivity contribution in [1.29, 1.82) is 0 Å². The maximum atomic E-state index is 15.2. The highest BCUT2D eigenvalue weighted by Gasteiger charge is 2.57. The van der Waals surface area contributed by atoms with Gasteiger partial charge in [0, 0.05) is 43.2 Å². The van der Waals surface area contributed by atoms with Crippen molar-refractivity contribution >= 4 is 5.91 Å². The van der Waals surface area contributed by atoms with Gasteiger partial charge in [-0.05, 0) is 104 Å². The molecule has 2 aromatic rings. The van der Waals surface area contributed by atoms with Gasteiger partial charge in [0.25, 0.3) is 0 Å². The molecular formula is C42H63FN4O5. The summed E-state index contributed by atoms with van der Waals surface area (Å²) < 4.78 is 15.2. The molecule has 1 amide bonds. The van der Waals surface area contributed by atoms with Gasteiger partial charge in [-0.1, -0.05) is 65.0 Å². The lowest BCUT2D eigenvalue weighted by Gasteiger charge is -2.62. The van der Waals surface area contributed by atoms with Crippen LogP contribution in [0.3, 0.4) is 0 Å². The largest absolute Gasteiger partial charge is 0.508 e. The van der Waals surface area contributed by atoms with Crippen LogP contribution in [0, 0.1) is 40.8 Å². The van der Waals surface area contributed by atoms with Crippen molar-refractivity contribution in [3.63, 3.8) is 0 Å². The van der Waals surface area contributed by atoms with Crippen LogP contribution < -0.4 is 5.32 Å². The van der Waals surface area contributed by atoms with Crippen molar-refractivity contribution < 1.29 is 29.3 Å². The van der Waals surface area contributed by atoms with Crippen molar-refractivity contribution in [2.24, 2.45) is 35.0 Å². The fourth-order valence-electron chi connectivity index (χ4n) is 10.1. The standard InChI is InChI=1S/C42H63FN4O5/c1-26(2)17-32(23-45-15-7-8-16-45)46(24-33-35(43)13-10-14-37(33)50)21-29-11-9-12-30(18-29)22-47-40(39(28(4)49)38(25-48)52-47)41(51)44-36-20-31-19-34(27(36)3)42(31,5)6/h9-14,18,26-28,31-32,34,36,38-40,48-50H,7-8,15-17,19-25H2,1-6H3,(H,44,51)/t27-,28+,31+,32+,34+,36+,38+,39-,40+/m1/s1. The molecule has 5 aliphatic rings. The van der Waals surface area contributed by atoms with Gasteiger partial charge in [-0.3, -0.25) is 14.5 Å². The van der Waals surface area contributed by atoms with Gasteiger partial charge in [-0.25, -0.2) is 4.39 Å². The SMILES string of the molecule is CC(C)C[C@@H](CN1CCCC1)N(Cc1cccc(CN2O[C@@H](CO)[C@@H]([C@H](C)O)[C@H]2C(=O)N[C@H]2C[C@@H]3C[C@@H]([C@H]2C)C3(C)C)c1)Cc1c(O)cccc1F. The number of benzene rings is 2. The monoisotopic (exact) mass is 722 g/mol. The van der Waals surface area contributed by atoms with E-state index in [2.05, 4.69) is 61.9 Å². The molecule has 7 rings (SSSR count). The van der Waals surface area contributed by atoms with E-state index in [1.54, 1.807) is 18.1 Å². The molecule has 2 heterocycles. The second kappa shape index (κ2) is 16.4. The number of amides is 1. The molecule has 9 atom stereocenters.